The van der Waals surface area contributed by atoms with Gasteiger partial charge in [0.05, 0.1) is 18.2 Å². The molecule has 11 heteroatoms. The van der Waals surface area contributed by atoms with Gasteiger partial charge in [-0.2, -0.15) is 0 Å². The second kappa shape index (κ2) is 18.5. The van der Waals surface area contributed by atoms with E-state index < -0.39 is 36.0 Å². The minimum atomic E-state index is -1.45. The Hall–Kier alpha value is -3.28. The second-order valence-corrected chi connectivity index (χ2v) is 15.4. The van der Waals surface area contributed by atoms with Crippen molar-refractivity contribution in [2.75, 3.05) is 44.2 Å². The van der Waals surface area contributed by atoms with Crippen LogP contribution in [0.4, 0.5) is 10.7 Å². The fourth-order valence-electron chi connectivity index (χ4n) is 7.78. The van der Waals surface area contributed by atoms with Crippen molar-refractivity contribution >= 4 is 18.0 Å². The Kier molecular flexibility index (Phi) is 14.1. The summed E-state index contributed by atoms with van der Waals surface area (Å²) in [6.45, 7) is 12.4. The topological polar surface area (TPSA) is 129 Å². The van der Waals surface area contributed by atoms with Gasteiger partial charge in [-0.05, 0) is 70.1 Å². The van der Waals surface area contributed by atoms with E-state index in [2.05, 4.69) is 27.8 Å². The van der Waals surface area contributed by atoms with Gasteiger partial charge >= 0.3 is 12.1 Å². The second-order valence-electron chi connectivity index (χ2n) is 15.4. The number of aliphatic hydroxyl groups is 2. The zero-order valence-electron chi connectivity index (χ0n) is 31.3. The molecule has 0 aromatic carbocycles. The van der Waals surface area contributed by atoms with E-state index in [1.165, 1.54) is 38.5 Å². The van der Waals surface area contributed by atoms with E-state index in [1.54, 1.807) is 17.9 Å². The van der Waals surface area contributed by atoms with Crippen molar-refractivity contribution in [1.29, 1.82) is 0 Å². The molecule has 6 atom stereocenters. The molecule has 11 nitrogen and oxygen atoms in total. The number of amides is 1. The molecule has 4 aliphatic rings. The predicted molar refractivity (Wildman–Crippen MR) is 198 cm³/mol. The minimum absolute atomic E-state index is 0.0437. The summed E-state index contributed by atoms with van der Waals surface area (Å²) in [5.41, 5.74) is 0.307. The lowest BCUT2D eigenvalue weighted by molar-refractivity contribution is -0.151. The predicted octanol–water partition coefficient (Wildman–Crippen LogP) is 5.93. The van der Waals surface area contributed by atoms with Crippen molar-refractivity contribution in [1.82, 2.24) is 19.8 Å². The molecule has 1 unspecified atom stereocenters. The number of carbonyl (C=O) groups is 2. The molecule has 1 aromatic heterocycles. The zero-order chi connectivity index (χ0) is 36.4. The van der Waals surface area contributed by atoms with Crippen LogP contribution in [0, 0.1) is 5.92 Å². The van der Waals surface area contributed by atoms with Crippen molar-refractivity contribution < 1.29 is 29.3 Å². The average molecular weight is 708 g/mol. The first-order chi connectivity index (χ1) is 24.5. The molecule has 0 radical (unpaired) electrons. The van der Waals surface area contributed by atoms with Gasteiger partial charge in [-0.25, -0.2) is 14.8 Å². The van der Waals surface area contributed by atoms with E-state index in [0.29, 0.717) is 19.1 Å². The molecule has 51 heavy (non-hydrogen) atoms. The molecular weight excluding hydrogens is 646 g/mol. The molecule has 3 fully saturated rings. The first-order valence-corrected chi connectivity index (χ1v) is 19.4. The minimum Gasteiger partial charge on any atom is -0.457 e. The molecule has 0 bridgehead atoms. The van der Waals surface area contributed by atoms with E-state index in [9.17, 15) is 19.8 Å². The van der Waals surface area contributed by atoms with Gasteiger partial charge < -0.3 is 29.5 Å². The highest BCUT2D eigenvalue weighted by atomic mass is 16.6. The Morgan fingerprint density at radius 1 is 1.04 bits per heavy atom. The first kappa shape index (κ1) is 38.9. The number of ether oxygens (including phenoxy) is 2. The Morgan fingerprint density at radius 2 is 1.75 bits per heavy atom. The molecule has 282 valence electrons. The number of allylic oxidation sites excluding steroid dienone is 3. The van der Waals surface area contributed by atoms with Crippen LogP contribution in [0.2, 0.25) is 0 Å². The van der Waals surface area contributed by atoms with Gasteiger partial charge in [0.25, 0.3) is 0 Å². The van der Waals surface area contributed by atoms with Gasteiger partial charge in [0.15, 0.2) is 6.10 Å². The maximum Gasteiger partial charge on any atom is 0.410 e. The van der Waals surface area contributed by atoms with Crippen LogP contribution in [0.3, 0.4) is 0 Å². The van der Waals surface area contributed by atoms with Crippen molar-refractivity contribution in [3.05, 3.63) is 53.9 Å². The Bertz CT molecular complexity index is 1370. The standard InChI is InChI=1S/C40H61N5O6/c1-29(34-19-21-41-38(42-34)44-22-9-10-23-44)12-11-13-30(2)37-31(3)16-17-35(40(4,49)20-18-33(46)28-36(47)51-37)50-39(48)45-26-24-43(25-27-45)32-14-7-5-6-8-15-32/h11-13,16-17,19,21,29,31-33,35,37,46,49H,5-10,14-15,18,20,22-28H2,1-4H3/b12-11+,17-16+,30-13+/t29?,31-,33+,35-,37+,40+/m0/s1. The molecule has 4 heterocycles. The maximum absolute atomic E-state index is 13.5. The molecule has 1 amide bonds. The summed E-state index contributed by atoms with van der Waals surface area (Å²) < 4.78 is 12.0. The maximum atomic E-state index is 13.5. The van der Waals surface area contributed by atoms with Crippen LogP contribution in [0.15, 0.2) is 48.2 Å². The highest BCUT2D eigenvalue weighted by Crippen LogP contribution is 2.29. The van der Waals surface area contributed by atoms with Crippen LogP contribution in [0.1, 0.15) is 110 Å². The number of piperazine rings is 1. The summed E-state index contributed by atoms with van der Waals surface area (Å²) in [5.74, 6) is 0.00897. The molecular formula is C40H61N5O6. The monoisotopic (exact) mass is 707 g/mol. The molecule has 1 saturated carbocycles. The summed E-state index contributed by atoms with van der Waals surface area (Å²) in [6.07, 6.45) is 18.4. The quantitative estimate of drug-likeness (QED) is 0.152. The van der Waals surface area contributed by atoms with Gasteiger partial charge in [-0.15, -0.1) is 0 Å². The lowest BCUT2D eigenvalue weighted by atomic mass is 9.88. The fourth-order valence-corrected chi connectivity index (χ4v) is 7.78. The third-order valence-corrected chi connectivity index (χ3v) is 11.2. The number of rotatable bonds is 7. The molecule has 0 spiro atoms. The lowest BCUT2D eigenvalue weighted by Crippen LogP contribution is -2.53. The van der Waals surface area contributed by atoms with Crippen LogP contribution in [-0.2, 0) is 14.3 Å². The zero-order valence-corrected chi connectivity index (χ0v) is 31.3. The van der Waals surface area contributed by atoms with Crippen molar-refractivity contribution in [3.8, 4) is 0 Å². The average Bonchev–Trinajstić information content (AvgIpc) is 3.53. The van der Waals surface area contributed by atoms with E-state index in [1.807, 2.05) is 44.3 Å². The van der Waals surface area contributed by atoms with E-state index in [4.69, 9.17) is 14.5 Å². The molecule has 1 aromatic rings. The van der Waals surface area contributed by atoms with Crippen LogP contribution in [0.5, 0.6) is 0 Å². The normalized spacial score (nSPS) is 31.0. The first-order valence-electron chi connectivity index (χ1n) is 19.4. The van der Waals surface area contributed by atoms with Gasteiger partial charge in [-0.3, -0.25) is 9.69 Å². The van der Waals surface area contributed by atoms with Gasteiger partial charge in [0, 0.05) is 63.3 Å². The van der Waals surface area contributed by atoms with Crippen LogP contribution in [-0.4, -0.2) is 111 Å². The largest absolute Gasteiger partial charge is 0.457 e. The van der Waals surface area contributed by atoms with Crippen molar-refractivity contribution in [2.45, 2.75) is 134 Å². The molecule has 3 aliphatic heterocycles. The molecule has 5 rings (SSSR count). The summed E-state index contributed by atoms with van der Waals surface area (Å²) in [5, 5.41) is 22.3. The molecule has 2 saturated heterocycles. The summed E-state index contributed by atoms with van der Waals surface area (Å²) in [6, 6.07) is 2.53. The highest BCUT2D eigenvalue weighted by molar-refractivity contribution is 5.70. The Morgan fingerprint density at radius 3 is 2.45 bits per heavy atom. The van der Waals surface area contributed by atoms with Gasteiger partial charge in [0.1, 0.15) is 11.7 Å². The third kappa shape index (κ3) is 11.1. The molecule has 1 aliphatic carbocycles. The highest BCUT2D eigenvalue weighted by Gasteiger charge is 2.37. The van der Waals surface area contributed by atoms with Crippen molar-refractivity contribution in [2.24, 2.45) is 5.92 Å². The summed E-state index contributed by atoms with van der Waals surface area (Å²) in [7, 11) is 0. The number of esters is 1. The van der Waals surface area contributed by atoms with E-state index >= 15 is 0 Å². The Balaban J connectivity index is 1.26. The molecule has 2 N–H and O–H groups in total. The Labute approximate surface area is 304 Å². The fraction of sp³-hybridized carbons (Fsp3) is 0.700. The lowest BCUT2D eigenvalue weighted by Gasteiger charge is -2.40. The number of hydrogen-bond donors (Lipinski definition) is 2. The van der Waals surface area contributed by atoms with E-state index in [-0.39, 0.29) is 31.1 Å². The number of aromatic nitrogens is 2. The van der Waals surface area contributed by atoms with Crippen LogP contribution < -0.4 is 4.90 Å². The number of cyclic esters (lactones) is 1. The van der Waals surface area contributed by atoms with Gasteiger partial charge in [0.2, 0.25) is 5.95 Å². The number of aliphatic hydroxyl groups excluding tert-OH is 1. The summed E-state index contributed by atoms with van der Waals surface area (Å²) in [4.78, 5) is 42.2. The summed E-state index contributed by atoms with van der Waals surface area (Å²) >= 11 is 0. The van der Waals surface area contributed by atoms with Gasteiger partial charge in [-0.1, -0.05) is 63.8 Å². The third-order valence-electron chi connectivity index (χ3n) is 11.2. The van der Waals surface area contributed by atoms with E-state index in [0.717, 1.165) is 56.2 Å². The number of carbonyl (C=O) groups excluding carboxylic acids is 2. The van der Waals surface area contributed by atoms with Crippen LogP contribution in [0.25, 0.3) is 0 Å². The van der Waals surface area contributed by atoms with Crippen LogP contribution >= 0.6 is 0 Å². The number of nitrogens with zero attached hydrogens (tertiary/aromatic N) is 5. The number of hydrogen-bond acceptors (Lipinski definition) is 10. The van der Waals surface area contributed by atoms with Crippen molar-refractivity contribution in [3.63, 3.8) is 0 Å². The SMILES string of the molecule is C/C(=C\C=C\C(C)c1ccnc(N2CCCC2)n1)[C@H]1OC(=O)C[C@H](O)CC[C@@](C)(O)[C@@H](OC(=O)N2CCN(C3CCCCCC3)CC2)/C=C/[C@@H]1C. The number of anilines is 1. The smallest absolute Gasteiger partial charge is 0.410 e.